The molecular formula is C15H14N2O4. The first kappa shape index (κ1) is 13.2. The van der Waals surface area contributed by atoms with Crippen molar-refractivity contribution in [2.24, 2.45) is 0 Å². The summed E-state index contributed by atoms with van der Waals surface area (Å²) >= 11 is 0. The SMILES string of the molecule is O=C1CCc2cc(NCc3cc(C(=O)O)co3)ccc2N1. The van der Waals surface area contributed by atoms with Crippen molar-refractivity contribution < 1.29 is 19.1 Å². The van der Waals surface area contributed by atoms with E-state index in [9.17, 15) is 9.59 Å². The lowest BCUT2D eigenvalue weighted by molar-refractivity contribution is -0.116. The summed E-state index contributed by atoms with van der Waals surface area (Å²) in [6, 6.07) is 7.20. The Labute approximate surface area is 120 Å². The number of carboxylic acids is 1. The molecule has 108 valence electrons. The molecule has 0 radical (unpaired) electrons. The van der Waals surface area contributed by atoms with E-state index in [2.05, 4.69) is 10.6 Å². The van der Waals surface area contributed by atoms with Crippen molar-refractivity contribution in [3.63, 3.8) is 0 Å². The number of carboxylic acid groups (broad SMARTS) is 1. The molecule has 6 nitrogen and oxygen atoms in total. The van der Waals surface area contributed by atoms with E-state index in [1.54, 1.807) is 0 Å². The molecule has 0 fully saturated rings. The lowest BCUT2D eigenvalue weighted by Crippen LogP contribution is -2.18. The van der Waals surface area contributed by atoms with Crippen molar-refractivity contribution in [2.75, 3.05) is 10.6 Å². The average molecular weight is 286 g/mol. The standard InChI is InChI=1S/C15H14N2O4/c18-14-4-1-9-5-11(2-3-13(9)17-14)16-7-12-6-10(8-21-12)15(19)20/h2-3,5-6,8,16H,1,4,7H2,(H,17,18)(H,19,20). The first-order valence-corrected chi connectivity index (χ1v) is 6.59. The second-order valence-electron chi connectivity index (χ2n) is 4.88. The Hall–Kier alpha value is -2.76. The fourth-order valence-corrected chi connectivity index (χ4v) is 2.27. The predicted molar refractivity (Wildman–Crippen MR) is 76.4 cm³/mol. The van der Waals surface area contributed by atoms with Gasteiger partial charge in [-0.15, -0.1) is 0 Å². The second-order valence-corrected chi connectivity index (χ2v) is 4.88. The van der Waals surface area contributed by atoms with Crippen LogP contribution in [0, 0.1) is 0 Å². The molecule has 0 bridgehead atoms. The van der Waals surface area contributed by atoms with Crippen LogP contribution in [0.2, 0.25) is 0 Å². The van der Waals surface area contributed by atoms with Gasteiger partial charge in [-0.1, -0.05) is 0 Å². The molecule has 1 aliphatic rings. The molecule has 3 rings (SSSR count). The zero-order valence-electron chi connectivity index (χ0n) is 11.2. The van der Waals surface area contributed by atoms with E-state index in [0.717, 1.165) is 23.4 Å². The van der Waals surface area contributed by atoms with E-state index in [0.29, 0.717) is 18.7 Å². The molecule has 2 heterocycles. The fourth-order valence-electron chi connectivity index (χ4n) is 2.27. The first-order valence-electron chi connectivity index (χ1n) is 6.59. The van der Waals surface area contributed by atoms with E-state index in [-0.39, 0.29) is 11.5 Å². The van der Waals surface area contributed by atoms with Gasteiger partial charge in [-0.3, -0.25) is 4.79 Å². The molecule has 6 heteroatoms. The van der Waals surface area contributed by atoms with Crippen LogP contribution in [-0.4, -0.2) is 17.0 Å². The molecule has 21 heavy (non-hydrogen) atoms. The number of carbonyl (C=O) groups is 2. The van der Waals surface area contributed by atoms with Crippen molar-refractivity contribution in [1.82, 2.24) is 0 Å². The van der Waals surface area contributed by atoms with Gasteiger partial charge in [0, 0.05) is 17.8 Å². The number of benzene rings is 1. The highest BCUT2D eigenvalue weighted by molar-refractivity contribution is 5.94. The third-order valence-corrected chi connectivity index (χ3v) is 3.37. The summed E-state index contributed by atoms with van der Waals surface area (Å²) in [4.78, 5) is 22.1. The van der Waals surface area contributed by atoms with Crippen LogP contribution in [0.5, 0.6) is 0 Å². The third-order valence-electron chi connectivity index (χ3n) is 3.37. The molecule has 2 aromatic rings. The van der Waals surface area contributed by atoms with Crippen molar-refractivity contribution in [3.05, 3.63) is 47.4 Å². The van der Waals surface area contributed by atoms with Crippen molar-refractivity contribution in [3.8, 4) is 0 Å². The van der Waals surface area contributed by atoms with E-state index < -0.39 is 5.97 Å². The summed E-state index contributed by atoms with van der Waals surface area (Å²) in [6.45, 7) is 0.401. The number of amides is 1. The Morgan fingerprint density at radius 3 is 2.95 bits per heavy atom. The van der Waals surface area contributed by atoms with E-state index in [1.165, 1.54) is 12.3 Å². The lowest BCUT2D eigenvalue weighted by Gasteiger charge is -2.17. The maximum Gasteiger partial charge on any atom is 0.338 e. The highest BCUT2D eigenvalue weighted by atomic mass is 16.4. The zero-order chi connectivity index (χ0) is 14.8. The number of carbonyl (C=O) groups excluding carboxylic acids is 1. The van der Waals surface area contributed by atoms with Gasteiger partial charge in [-0.25, -0.2) is 4.79 Å². The minimum Gasteiger partial charge on any atom is -0.478 e. The fraction of sp³-hybridized carbons (Fsp3) is 0.200. The average Bonchev–Trinajstić information content (AvgIpc) is 2.94. The monoisotopic (exact) mass is 286 g/mol. The molecule has 3 N–H and O–H groups in total. The topological polar surface area (TPSA) is 91.6 Å². The lowest BCUT2D eigenvalue weighted by atomic mass is 10.0. The molecule has 1 amide bonds. The normalized spacial score (nSPS) is 13.4. The quantitative estimate of drug-likeness (QED) is 0.803. The minimum absolute atomic E-state index is 0.0417. The number of rotatable bonds is 4. The number of anilines is 2. The molecule has 0 spiro atoms. The summed E-state index contributed by atoms with van der Waals surface area (Å²) < 4.78 is 5.17. The highest BCUT2D eigenvalue weighted by Gasteiger charge is 2.14. The number of aryl methyl sites for hydroxylation is 1. The summed E-state index contributed by atoms with van der Waals surface area (Å²) in [7, 11) is 0. The van der Waals surface area contributed by atoms with Crippen LogP contribution in [0.4, 0.5) is 11.4 Å². The Morgan fingerprint density at radius 2 is 2.19 bits per heavy atom. The number of hydrogen-bond acceptors (Lipinski definition) is 4. The summed E-state index contributed by atoms with van der Waals surface area (Å²) in [6.07, 6.45) is 2.44. The maximum absolute atomic E-state index is 11.3. The number of hydrogen-bond donors (Lipinski definition) is 3. The molecule has 1 aliphatic heterocycles. The highest BCUT2D eigenvalue weighted by Crippen LogP contribution is 2.26. The number of nitrogens with one attached hydrogen (secondary N) is 2. The van der Waals surface area contributed by atoms with Gasteiger partial charge < -0.3 is 20.2 Å². The van der Waals surface area contributed by atoms with Crippen LogP contribution < -0.4 is 10.6 Å². The van der Waals surface area contributed by atoms with Crippen molar-refractivity contribution in [2.45, 2.75) is 19.4 Å². The van der Waals surface area contributed by atoms with Crippen LogP contribution in [0.3, 0.4) is 0 Å². The van der Waals surface area contributed by atoms with Gasteiger partial charge in [0.2, 0.25) is 5.91 Å². The summed E-state index contributed by atoms with van der Waals surface area (Å²) in [5.74, 6) is -0.409. The minimum atomic E-state index is -1.01. The summed E-state index contributed by atoms with van der Waals surface area (Å²) in [5, 5.41) is 14.8. The van der Waals surface area contributed by atoms with Crippen LogP contribution >= 0.6 is 0 Å². The Bertz CT molecular complexity index is 705. The van der Waals surface area contributed by atoms with Gasteiger partial charge in [0.1, 0.15) is 12.0 Å². The Kier molecular flexibility index (Phi) is 3.35. The van der Waals surface area contributed by atoms with Gasteiger partial charge in [0.25, 0.3) is 0 Å². The molecule has 0 saturated carbocycles. The Morgan fingerprint density at radius 1 is 1.33 bits per heavy atom. The predicted octanol–water partition coefficient (Wildman–Crippen LogP) is 2.47. The largest absolute Gasteiger partial charge is 0.478 e. The van der Waals surface area contributed by atoms with Crippen LogP contribution in [0.1, 0.15) is 28.1 Å². The Balaban J connectivity index is 1.68. The van der Waals surface area contributed by atoms with E-state index >= 15 is 0 Å². The zero-order valence-corrected chi connectivity index (χ0v) is 11.2. The number of aromatic carboxylic acids is 1. The second kappa shape index (κ2) is 5.32. The van der Waals surface area contributed by atoms with E-state index in [4.69, 9.17) is 9.52 Å². The summed E-state index contributed by atoms with van der Waals surface area (Å²) in [5.41, 5.74) is 2.98. The van der Waals surface area contributed by atoms with Gasteiger partial charge in [0.15, 0.2) is 0 Å². The molecule has 1 aromatic carbocycles. The maximum atomic E-state index is 11.3. The van der Waals surface area contributed by atoms with Crippen LogP contribution in [0.15, 0.2) is 34.9 Å². The first-order chi connectivity index (χ1) is 10.1. The molecule has 0 unspecified atom stereocenters. The van der Waals surface area contributed by atoms with Crippen molar-refractivity contribution in [1.29, 1.82) is 0 Å². The van der Waals surface area contributed by atoms with Gasteiger partial charge in [0.05, 0.1) is 12.1 Å². The molecule has 0 aliphatic carbocycles. The molecule has 0 atom stereocenters. The van der Waals surface area contributed by atoms with Crippen LogP contribution in [0.25, 0.3) is 0 Å². The van der Waals surface area contributed by atoms with E-state index in [1.807, 2.05) is 18.2 Å². The van der Waals surface area contributed by atoms with Crippen LogP contribution in [-0.2, 0) is 17.8 Å². The third kappa shape index (κ3) is 2.89. The van der Waals surface area contributed by atoms with Gasteiger partial charge in [-0.05, 0) is 36.2 Å². The smallest absolute Gasteiger partial charge is 0.338 e. The van der Waals surface area contributed by atoms with Gasteiger partial charge >= 0.3 is 5.97 Å². The number of fused-ring (bicyclic) bond motifs is 1. The molecule has 1 aromatic heterocycles. The number of furan rings is 1. The molecule has 0 saturated heterocycles. The van der Waals surface area contributed by atoms with Crippen molar-refractivity contribution >= 4 is 23.3 Å². The molecular weight excluding hydrogens is 272 g/mol. The van der Waals surface area contributed by atoms with Gasteiger partial charge in [-0.2, -0.15) is 0 Å².